The lowest BCUT2D eigenvalue weighted by molar-refractivity contribution is -0.361. The van der Waals surface area contributed by atoms with Gasteiger partial charge in [0.2, 0.25) is 0 Å². The smallest absolute Gasteiger partial charge is 0.335 e. The number of hydrogen-bond acceptors (Lipinski definition) is 11. The average molecular weight is 779 g/mol. The third kappa shape index (κ3) is 6.10. The molecule has 7 N–H and O–H groups in total. The van der Waals surface area contributed by atoms with E-state index in [9.17, 15) is 45.3 Å². The van der Waals surface area contributed by atoms with Crippen molar-refractivity contribution in [2.75, 3.05) is 0 Å². The molecule has 0 bridgehead atoms. The van der Waals surface area contributed by atoms with Gasteiger partial charge < -0.3 is 54.7 Å². The van der Waals surface area contributed by atoms with Crippen molar-refractivity contribution in [1.29, 1.82) is 0 Å². The molecule has 5 aliphatic carbocycles. The van der Waals surface area contributed by atoms with Crippen molar-refractivity contribution >= 4 is 11.9 Å². The van der Waals surface area contributed by atoms with Crippen LogP contribution < -0.4 is 0 Å². The monoisotopic (exact) mass is 778 g/mol. The van der Waals surface area contributed by atoms with Crippen LogP contribution in [0.2, 0.25) is 0 Å². The highest BCUT2D eigenvalue weighted by Crippen LogP contribution is 2.76. The SMILES string of the molecule is C[C@H]1OC(O[C@@H]2C(C(=O)O)O[C@@H](O[C@H]3CC[C@@]4(C)C(CC[C@]5(C)C4CC=C4[C@@H]6CC(C)(C)CC[C@]6(C(=O)O)CC[C@]45C)C3(C)C)[C@@H](O)C2O)[C@@H](O)[C@@H](O)[C@@H]1O. The van der Waals surface area contributed by atoms with Gasteiger partial charge in [-0.05, 0) is 116 Å². The molecule has 0 aromatic carbocycles. The molecule has 312 valence electrons. The van der Waals surface area contributed by atoms with Gasteiger partial charge in [0.1, 0.15) is 36.6 Å². The van der Waals surface area contributed by atoms with Gasteiger partial charge in [0.15, 0.2) is 18.7 Å². The van der Waals surface area contributed by atoms with Crippen LogP contribution in [0.15, 0.2) is 11.6 Å². The Morgan fingerprint density at radius 2 is 1.36 bits per heavy atom. The lowest BCUT2D eigenvalue weighted by atomic mass is 9.33. The Balaban J connectivity index is 1.10. The van der Waals surface area contributed by atoms with Crippen molar-refractivity contribution in [1.82, 2.24) is 0 Å². The number of fused-ring (bicyclic) bond motifs is 7. The molecule has 13 heteroatoms. The minimum atomic E-state index is -1.81. The van der Waals surface area contributed by atoms with Crippen molar-refractivity contribution in [3.8, 4) is 0 Å². The van der Waals surface area contributed by atoms with Gasteiger partial charge in [-0.25, -0.2) is 4.79 Å². The van der Waals surface area contributed by atoms with Crippen LogP contribution in [0, 0.1) is 50.2 Å². The molecule has 5 unspecified atom stereocenters. The molecule has 0 amide bonds. The Morgan fingerprint density at radius 1 is 0.727 bits per heavy atom. The second kappa shape index (κ2) is 13.7. The first-order valence-corrected chi connectivity index (χ1v) is 20.6. The van der Waals surface area contributed by atoms with Crippen LogP contribution in [0.4, 0.5) is 0 Å². The topological polar surface area (TPSA) is 213 Å². The molecule has 4 saturated carbocycles. The molecule has 6 fully saturated rings. The number of carboxylic acids is 2. The number of ether oxygens (including phenoxy) is 4. The van der Waals surface area contributed by atoms with Crippen LogP contribution in [0.1, 0.15) is 120 Å². The van der Waals surface area contributed by atoms with E-state index in [1.807, 2.05) is 0 Å². The molecule has 13 nitrogen and oxygen atoms in total. The van der Waals surface area contributed by atoms with Gasteiger partial charge in [0.25, 0.3) is 0 Å². The van der Waals surface area contributed by atoms with Gasteiger partial charge in [-0.1, -0.05) is 60.1 Å². The second-order valence-corrected chi connectivity index (χ2v) is 20.7. The van der Waals surface area contributed by atoms with Crippen LogP contribution in [-0.4, -0.2) is 115 Å². The van der Waals surface area contributed by atoms with Crippen molar-refractivity contribution in [3.05, 3.63) is 11.6 Å². The summed E-state index contributed by atoms with van der Waals surface area (Å²) < 4.78 is 23.5. The average Bonchev–Trinajstić information content (AvgIpc) is 3.10. The predicted molar refractivity (Wildman–Crippen MR) is 197 cm³/mol. The quantitative estimate of drug-likeness (QED) is 0.150. The van der Waals surface area contributed by atoms with E-state index in [0.29, 0.717) is 18.8 Å². The zero-order valence-corrected chi connectivity index (χ0v) is 33.8. The van der Waals surface area contributed by atoms with Crippen LogP contribution in [0.25, 0.3) is 0 Å². The summed E-state index contributed by atoms with van der Waals surface area (Å²) in [6.45, 7) is 17.7. The van der Waals surface area contributed by atoms with Crippen molar-refractivity contribution < 1.29 is 64.3 Å². The highest BCUT2D eigenvalue weighted by molar-refractivity contribution is 5.76. The molecule has 2 saturated heterocycles. The molecule has 0 aromatic heterocycles. The van der Waals surface area contributed by atoms with E-state index in [4.69, 9.17) is 18.9 Å². The highest BCUT2D eigenvalue weighted by Gasteiger charge is 2.69. The summed E-state index contributed by atoms with van der Waals surface area (Å²) in [7, 11) is 0. The maximum absolute atomic E-state index is 13.0. The summed E-state index contributed by atoms with van der Waals surface area (Å²) in [5.74, 6) is -1.51. The van der Waals surface area contributed by atoms with E-state index >= 15 is 0 Å². The number of aliphatic carboxylic acids is 2. The highest BCUT2D eigenvalue weighted by atomic mass is 16.7. The first kappa shape index (κ1) is 41.5. The summed E-state index contributed by atoms with van der Waals surface area (Å²) in [5, 5.41) is 74.2. The molecular weight excluding hydrogens is 712 g/mol. The minimum absolute atomic E-state index is 0.0313. The standard InChI is InChI=1S/C42H66O13/c1-20-26(43)27(44)29(46)34(52-20)54-31-28(45)30(47)35(55-32(31)33(48)49)53-25-12-13-39(6)23(38(25,4)5)11-14-41(8)24(39)10-9-21-22-19-37(2,3)15-17-42(22,36(50)51)18-16-40(21,41)7/h9,20,22-32,34-35,43-47H,10-19H2,1-8H3,(H,48,49)(H,50,51)/t20-,22+,23?,24?,25+,26-,27+,28?,29+,30+,31+,32?,34?,35-,39+,40-,41-,42+/m1/s1. The van der Waals surface area contributed by atoms with Gasteiger partial charge in [0.05, 0.1) is 17.6 Å². The molecule has 2 aliphatic heterocycles. The Morgan fingerprint density at radius 3 is 2.02 bits per heavy atom. The first-order chi connectivity index (χ1) is 25.4. The largest absolute Gasteiger partial charge is 0.481 e. The molecule has 18 atom stereocenters. The van der Waals surface area contributed by atoms with E-state index in [0.717, 1.165) is 51.4 Å². The Hall–Kier alpha value is -1.68. The van der Waals surface area contributed by atoms with Crippen LogP contribution in [-0.2, 0) is 28.5 Å². The number of aliphatic hydroxyl groups is 5. The molecule has 7 aliphatic rings. The summed E-state index contributed by atoms with van der Waals surface area (Å²) >= 11 is 0. The predicted octanol–water partition coefficient (Wildman–Crippen LogP) is 4.00. The molecule has 7 rings (SSSR count). The number of rotatable bonds is 6. The van der Waals surface area contributed by atoms with Crippen LogP contribution in [0.5, 0.6) is 0 Å². The summed E-state index contributed by atoms with van der Waals surface area (Å²) in [5.41, 5.74) is 0.142. The van der Waals surface area contributed by atoms with E-state index < -0.39 is 90.3 Å². The molecular formula is C42H66O13. The van der Waals surface area contributed by atoms with Crippen LogP contribution in [0.3, 0.4) is 0 Å². The number of carboxylic acid groups (broad SMARTS) is 2. The fourth-order valence-corrected chi connectivity index (χ4v) is 13.6. The van der Waals surface area contributed by atoms with Crippen molar-refractivity contribution in [2.45, 2.75) is 187 Å². The lowest BCUT2D eigenvalue weighted by Gasteiger charge is -2.71. The van der Waals surface area contributed by atoms with Gasteiger partial charge in [-0.15, -0.1) is 0 Å². The molecule has 2 heterocycles. The third-order valence-electron chi connectivity index (χ3n) is 17.2. The summed E-state index contributed by atoms with van der Waals surface area (Å²) in [4.78, 5) is 25.5. The van der Waals surface area contributed by atoms with Crippen molar-refractivity contribution in [3.63, 3.8) is 0 Å². The molecule has 0 radical (unpaired) electrons. The summed E-state index contributed by atoms with van der Waals surface area (Å²) in [6, 6.07) is 0. The number of allylic oxidation sites excluding steroid dienone is 2. The summed E-state index contributed by atoms with van der Waals surface area (Å²) in [6.07, 6.45) is -5.44. The van der Waals surface area contributed by atoms with E-state index in [-0.39, 0.29) is 33.5 Å². The van der Waals surface area contributed by atoms with Gasteiger partial charge in [-0.2, -0.15) is 0 Å². The second-order valence-electron chi connectivity index (χ2n) is 20.7. The minimum Gasteiger partial charge on any atom is -0.481 e. The fourth-order valence-electron chi connectivity index (χ4n) is 13.6. The third-order valence-corrected chi connectivity index (χ3v) is 17.2. The normalized spacial score (nSPS) is 53.1. The van der Waals surface area contributed by atoms with E-state index in [1.165, 1.54) is 12.5 Å². The van der Waals surface area contributed by atoms with E-state index in [2.05, 4.69) is 54.5 Å². The zero-order chi connectivity index (χ0) is 40.4. The Labute approximate surface area is 324 Å². The molecule has 55 heavy (non-hydrogen) atoms. The maximum atomic E-state index is 13.0. The number of aliphatic hydroxyl groups excluding tert-OH is 5. The Kier molecular flexibility index (Phi) is 10.3. The van der Waals surface area contributed by atoms with Crippen LogP contribution >= 0.6 is 0 Å². The van der Waals surface area contributed by atoms with Gasteiger partial charge >= 0.3 is 11.9 Å². The fraction of sp³-hybridized carbons (Fsp3) is 0.905. The van der Waals surface area contributed by atoms with Gasteiger partial charge in [-0.3, -0.25) is 4.79 Å². The van der Waals surface area contributed by atoms with Crippen molar-refractivity contribution in [2.24, 2.45) is 50.2 Å². The number of hydrogen-bond donors (Lipinski definition) is 7. The number of carbonyl (C=O) groups is 2. The Bertz CT molecular complexity index is 1550. The molecule has 0 spiro atoms. The zero-order valence-electron chi connectivity index (χ0n) is 33.8. The van der Waals surface area contributed by atoms with Gasteiger partial charge in [0, 0.05) is 0 Å². The first-order valence-electron chi connectivity index (χ1n) is 20.6. The molecule has 0 aromatic rings. The lowest BCUT2D eigenvalue weighted by Crippen LogP contribution is -2.67. The maximum Gasteiger partial charge on any atom is 0.335 e. The van der Waals surface area contributed by atoms with E-state index in [1.54, 1.807) is 0 Å².